The number of fused-ring (bicyclic) bond motifs is 2. The molecular weight excluding hydrogens is 370 g/mol. The van der Waals surface area contributed by atoms with Crippen molar-refractivity contribution in [2.24, 2.45) is 0 Å². The summed E-state index contributed by atoms with van der Waals surface area (Å²) in [6, 6.07) is 7.56. The third-order valence-electron chi connectivity index (χ3n) is 4.67. The van der Waals surface area contributed by atoms with E-state index in [1.54, 1.807) is 6.07 Å². The minimum Gasteiger partial charge on any atom is -0.395 e. The van der Waals surface area contributed by atoms with E-state index in [0.717, 1.165) is 16.5 Å². The first kappa shape index (κ1) is 18.9. The zero-order chi connectivity index (χ0) is 20.8. The summed E-state index contributed by atoms with van der Waals surface area (Å²) in [5, 5.41) is 17.9. The second kappa shape index (κ2) is 6.85. The highest BCUT2D eigenvalue weighted by molar-refractivity contribution is 6.02. The van der Waals surface area contributed by atoms with E-state index in [0.29, 0.717) is 28.2 Å². The number of aliphatic hydroxyl groups is 1. The van der Waals surface area contributed by atoms with Gasteiger partial charge in [-0.25, -0.2) is 14.6 Å². The monoisotopic (exact) mass is 393 g/mol. The van der Waals surface area contributed by atoms with Crippen LogP contribution in [0, 0.1) is 0 Å². The third-order valence-corrected chi connectivity index (χ3v) is 4.67. The molecule has 29 heavy (non-hydrogen) atoms. The number of benzene rings is 1. The van der Waals surface area contributed by atoms with E-state index >= 15 is 0 Å². The van der Waals surface area contributed by atoms with E-state index in [1.165, 1.54) is 6.33 Å². The van der Waals surface area contributed by atoms with Crippen molar-refractivity contribution in [1.82, 2.24) is 30.0 Å². The van der Waals surface area contributed by atoms with Gasteiger partial charge < -0.3 is 21.1 Å². The van der Waals surface area contributed by atoms with Gasteiger partial charge in [-0.15, -0.1) is 0 Å². The highest BCUT2D eigenvalue weighted by Crippen LogP contribution is 2.34. The minimum absolute atomic E-state index is 0.108. The number of nitrogens with zero attached hydrogens (tertiary/aromatic N) is 4. The Hall–Kier alpha value is -3.46. The van der Waals surface area contributed by atoms with Crippen LogP contribution in [0.5, 0.6) is 0 Å². The number of hydrogen-bond donors (Lipinski definition) is 4. The third kappa shape index (κ3) is 3.29. The number of carbonyl (C=O) groups excluding carboxylic acids is 1. The fraction of sp³-hybridized carbons (Fsp3) is 0.300. The molecule has 0 unspecified atom stereocenters. The number of aromatic nitrogens is 5. The number of nitrogens with one attached hydrogen (secondary N) is 2. The Bertz CT molecular complexity index is 1220. The molecule has 0 radical (unpaired) electrons. The summed E-state index contributed by atoms with van der Waals surface area (Å²) in [4.78, 5) is 23.8. The molecule has 4 rings (SSSR count). The number of aliphatic hydroxyl groups excluding tert-OH is 1. The summed E-state index contributed by atoms with van der Waals surface area (Å²) in [7, 11) is 0. The first-order valence-corrected chi connectivity index (χ1v) is 9.31. The number of H-pyrrole nitrogens is 1. The maximum absolute atomic E-state index is 12.2. The van der Waals surface area contributed by atoms with Crippen LogP contribution in [0.25, 0.3) is 33.2 Å². The molecule has 5 N–H and O–H groups in total. The summed E-state index contributed by atoms with van der Waals surface area (Å²) in [6.45, 7) is 6.24. The van der Waals surface area contributed by atoms with Crippen LogP contribution in [0.4, 0.5) is 5.82 Å². The van der Waals surface area contributed by atoms with Crippen molar-refractivity contribution in [3.05, 3.63) is 36.3 Å². The van der Waals surface area contributed by atoms with Gasteiger partial charge in [0.05, 0.1) is 17.5 Å². The Balaban J connectivity index is 1.85. The Labute approximate surface area is 167 Å². The quantitative estimate of drug-likeness (QED) is 0.419. The van der Waals surface area contributed by atoms with Crippen LogP contribution in [-0.2, 0) is 5.54 Å². The molecule has 9 nitrogen and oxygen atoms in total. The van der Waals surface area contributed by atoms with Crippen LogP contribution in [-0.4, -0.2) is 48.9 Å². The van der Waals surface area contributed by atoms with Crippen molar-refractivity contribution < 1.29 is 9.90 Å². The van der Waals surface area contributed by atoms with Crippen LogP contribution >= 0.6 is 0 Å². The van der Waals surface area contributed by atoms with Crippen molar-refractivity contribution >= 4 is 33.7 Å². The van der Waals surface area contributed by atoms with Gasteiger partial charge in [-0.1, -0.05) is 12.1 Å². The summed E-state index contributed by atoms with van der Waals surface area (Å²) in [5.41, 5.74) is 9.32. The Morgan fingerprint density at radius 2 is 2.07 bits per heavy atom. The maximum atomic E-state index is 12.2. The second-order valence-corrected chi connectivity index (χ2v) is 7.85. The standard InChI is InChI=1S/C20H23N7O2/c1-20(2,3)27-18-15(17(21)23-10-24-18)16(26-27)12-5-4-11-8-14(25-13(11)9-12)19(29)22-6-7-28/h4-5,8-10,25,28H,6-7H2,1-3H3,(H,22,29)(H2,21,23,24). The topological polar surface area (TPSA) is 135 Å². The smallest absolute Gasteiger partial charge is 0.267 e. The maximum Gasteiger partial charge on any atom is 0.267 e. The predicted octanol–water partition coefficient (Wildman–Crippen LogP) is 2.03. The van der Waals surface area contributed by atoms with Gasteiger partial charge in [0.15, 0.2) is 5.65 Å². The fourth-order valence-electron chi connectivity index (χ4n) is 3.31. The van der Waals surface area contributed by atoms with Gasteiger partial charge in [0.2, 0.25) is 0 Å². The zero-order valence-electron chi connectivity index (χ0n) is 16.5. The molecule has 0 fully saturated rings. The van der Waals surface area contributed by atoms with Crippen LogP contribution in [0.2, 0.25) is 0 Å². The number of aromatic amines is 1. The molecule has 9 heteroatoms. The SMILES string of the molecule is CC(C)(C)n1nc(-c2ccc3cc(C(=O)NCCO)[nH]c3c2)c2c(N)ncnc21. The molecule has 0 saturated carbocycles. The lowest BCUT2D eigenvalue weighted by Gasteiger charge is -2.19. The molecule has 0 aliphatic carbocycles. The molecule has 0 aliphatic heterocycles. The largest absolute Gasteiger partial charge is 0.395 e. The van der Waals surface area contributed by atoms with Crippen LogP contribution in [0.3, 0.4) is 0 Å². The highest BCUT2D eigenvalue weighted by atomic mass is 16.3. The Kier molecular flexibility index (Phi) is 4.46. The Morgan fingerprint density at radius 3 is 2.79 bits per heavy atom. The van der Waals surface area contributed by atoms with Crippen molar-refractivity contribution in [3.8, 4) is 11.3 Å². The molecule has 0 saturated heterocycles. The number of nitrogen functional groups attached to an aromatic ring is 1. The van der Waals surface area contributed by atoms with E-state index in [-0.39, 0.29) is 24.6 Å². The molecule has 1 aromatic carbocycles. The van der Waals surface area contributed by atoms with Gasteiger partial charge in [0, 0.05) is 23.0 Å². The van der Waals surface area contributed by atoms with Gasteiger partial charge in [-0.3, -0.25) is 4.79 Å². The molecule has 150 valence electrons. The van der Waals surface area contributed by atoms with Crippen molar-refractivity contribution in [3.63, 3.8) is 0 Å². The lowest BCUT2D eigenvalue weighted by Crippen LogP contribution is -2.26. The molecule has 3 heterocycles. The zero-order valence-corrected chi connectivity index (χ0v) is 16.5. The molecule has 0 atom stereocenters. The summed E-state index contributed by atoms with van der Waals surface area (Å²) < 4.78 is 1.85. The number of amides is 1. The van der Waals surface area contributed by atoms with E-state index in [1.807, 2.05) is 43.7 Å². The summed E-state index contributed by atoms with van der Waals surface area (Å²) in [5.74, 6) is 0.105. The second-order valence-electron chi connectivity index (χ2n) is 7.85. The van der Waals surface area contributed by atoms with E-state index in [2.05, 4.69) is 20.3 Å². The van der Waals surface area contributed by atoms with E-state index in [4.69, 9.17) is 15.9 Å². The van der Waals surface area contributed by atoms with Crippen molar-refractivity contribution in [2.75, 3.05) is 18.9 Å². The molecular formula is C20H23N7O2. The van der Waals surface area contributed by atoms with E-state index < -0.39 is 0 Å². The average molecular weight is 393 g/mol. The first-order chi connectivity index (χ1) is 13.8. The minimum atomic E-state index is -0.286. The summed E-state index contributed by atoms with van der Waals surface area (Å²) in [6.07, 6.45) is 1.44. The highest BCUT2D eigenvalue weighted by Gasteiger charge is 2.24. The van der Waals surface area contributed by atoms with Crippen LogP contribution in [0.1, 0.15) is 31.3 Å². The van der Waals surface area contributed by atoms with Gasteiger partial charge >= 0.3 is 0 Å². The number of anilines is 1. The predicted molar refractivity (Wildman–Crippen MR) is 111 cm³/mol. The molecule has 0 aliphatic rings. The van der Waals surface area contributed by atoms with Gasteiger partial charge in [0.25, 0.3) is 5.91 Å². The average Bonchev–Trinajstić information content (AvgIpc) is 3.27. The number of rotatable bonds is 4. The molecule has 3 aromatic heterocycles. The lowest BCUT2D eigenvalue weighted by atomic mass is 10.1. The molecule has 1 amide bonds. The van der Waals surface area contributed by atoms with Crippen LogP contribution in [0.15, 0.2) is 30.6 Å². The van der Waals surface area contributed by atoms with Gasteiger partial charge in [-0.05, 0) is 32.9 Å². The van der Waals surface area contributed by atoms with Gasteiger partial charge in [0.1, 0.15) is 23.5 Å². The Morgan fingerprint density at radius 1 is 1.28 bits per heavy atom. The summed E-state index contributed by atoms with van der Waals surface area (Å²) >= 11 is 0. The molecule has 0 spiro atoms. The first-order valence-electron chi connectivity index (χ1n) is 9.31. The fourth-order valence-corrected chi connectivity index (χ4v) is 3.31. The molecule has 4 aromatic rings. The number of hydrogen-bond acceptors (Lipinski definition) is 6. The number of nitrogens with two attached hydrogens (primary N) is 1. The van der Waals surface area contributed by atoms with Crippen LogP contribution < -0.4 is 11.1 Å². The van der Waals surface area contributed by atoms with Crippen molar-refractivity contribution in [1.29, 1.82) is 0 Å². The normalized spacial score (nSPS) is 12.0. The van der Waals surface area contributed by atoms with Gasteiger partial charge in [-0.2, -0.15) is 5.10 Å². The molecule has 0 bridgehead atoms. The lowest BCUT2D eigenvalue weighted by molar-refractivity contribution is 0.0940. The van der Waals surface area contributed by atoms with E-state index in [9.17, 15) is 4.79 Å². The number of carbonyl (C=O) groups is 1. The van der Waals surface area contributed by atoms with Crippen molar-refractivity contribution in [2.45, 2.75) is 26.3 Å².